The molecule has 1 aliphatic rings. The highest BCUT2D eigenvalue weighted by molar-refractivity contribution is 5.84. The largest absolute Gasteiger partial charge is 0.633 e. The van der Waals surface area contributed by atoms with Crippen LogP contribution in [0.1, 0.15) is 23.1 Å². The predicted octanol–water partition coefficient (Wildman–Crippen LogP) is 3.98. The van der Waals surface area contributed by atoms with E-state index >= 15 is 0 Å². The maximum atomic E-state index is 11.8. The van der Waals surface area contributed by atoms with Crippen molar-refractivity contribution in [2.75, 3.05) is 20.6 Å². The second-order valence-corrected chi connectivity index (χ2v) is 6.15. The molecule has 1 heterocycles. The van der Waals surface area contributed by atoms with E-state index in [2.05, 4.69) is 24.3 Å². The highest BCUT2D eigenvalue weighted by Gasteiger charge is 2.18. The van der Waals surface area contributed by atoms with Crippen LogP contribution >= 0.6 is 0 Å². The highest BCUT2D eigenvalue weighted by atomic mass is 16.5. The number of nitrogens with zero attached hydrogens (tertiary/aromatic N) is 1. The molecular formula is C19H21NO2. The van der Waals surface area contributed by atoms with Crippen molar-refractivity contribution < 1.29 is 9.38 Å². The number of hydroxylamine groups is 3. The molecule has 0 aliphatic carbocycles. The molecule has 0 radical (unpaired) electrons. The summed E-state index contributed by atoms with van der Waals surface area (Å²) < 4.78 is 5.67. The van der Waals surface area contributed by atoms with E-state index in [4.69, 9.17) is 4.74 Å². The summed E-state index contributed by atoms with van der Waals surface area (Å²) in [6.07, 6.45) is 2.92. The Kier molecular flexibility index (Phi) is 4.01. The molecule has 1 aliphatic heterocycles. The summed E-state index contributed by atoms with van der Waals surface area (Å²) in [6, 6.07) is 16.4. The van der Waals surface area contributed by atoms with Crippen LogP contribution in [0, 0.1) is 5.21 Å². The van der Waals surface area contributed by atoms with Gasteiger partial charge in [-0.25, -0.2) is 0 Å². The molecule has 2 aromatic carbocycles. The highest BCUT2D eigenvalue weighted by Crippen LogP contribution is 2.36. The van der Waals surface area contributed by atoms with E-state index in [1.165, 1.54) is 11.1 Å². The molecule has 0 saturated carbocycles. The van der Waals surface area contributed by atoms with Gasteiger partial charge in [-0.3, -0.25) is 0 Å². The Bertz CT molecular complexity index is 649. The molecule has 0 unspecified atom stereocenters. The van der Waals surface area contributed by atoms with Gasteiger partial charge in [0.1, 0.15) is 12.4 Å². The first kappa shape index (κ1) is 14.8. The molecule has 0 saturated heterocycles. The van der Waals surface area contributed by atoms with Gasteiger partial charge in [0.2, 0.25) is 0 Å². The van der Waals surface area contributed by atoms with Gasteiger partial charge in [0.25, 0.3) is 0 Å². The molecule has 0 bridgehead atoms. The SMILES string of the molecule is C[N+](C)([O-])CC/C=C1\c2ccccc2COc2ccccc21. The Balaban J connectivity index is 2.04. The molecule has 0 N–H and O–H groups in total. The molecule has 3 rings (SSSR count). The van der Waals surface area contributed by atoms with Crippen molar-refractivity contribution in [2.45, 2.75) is 13.0 Å². The van der Waals surface area contributed by atoms with Gasteiger partial charge in [-0.1, -0.05) is 48.5 Å². The van der Waals surface area contributed by atoms with E-state index in [9.17, 15) is 5.21 Å². The standard InChI is InChI=1S/C19H21NO2/c1-20(2,21)13-7-11-17-16-9-4-3-8-15(16)14-22-19-12-6-5-10-18(17)19/h3-6,8-12H,7,13-14H2,1-2H3/b17-11+. The normalized spacial score (nSPS) is 15.7. The average molecular weight is 295 g/mol. The van der Waals surface area contributed by atoms with Crippen molar-refractivity contribution in [1.82, 2.24) is 0 Å². The zero-order valence-corrected chi connectivity index (χ0v) is 13.1. The lowest BCUT2D eigenvalue weighted by molar-refractivity contribution is -0.839. The van der Waals surface area contributed by atoms with Gasteiger partial charge in [0.15, 0.2) is 0 Å². The number of hydrogen-bond donors (Lipinski definition) is 0. The van der Waals surface area contributed by atoms with Gasteiger partial charge < -0.3 is 14.6 Å². The minimum Gasteiger partial charge on any atom is -0.633 e. The maximum Gasteiger partial charge on any atom is 0.127 e. The third-order valence-electron chi connectivity index (χ3n) is 3.88. The second-order valence-electron chi connectivity index (χ2n) is 6.15. The number of rotatable bonds is 3. The van der Waals surface area contributed by atoms with E-state index in [-0.39, 0.29) is 4.65 Å². The number of ether oxygens (including phenoxy) is 1. The van der Waals surface area contributed by atoms with Crippen LogP contribution in [0.2, 0.25) is 0 Å². The van der Waals surface area contributed by atoms with Crippen LogP contribution in [0.15, 0.2) is 54.6 Å². The first-order chi connectivity index (χ1) is 10.5. The topological polar surface area (TPSA) is 32.3 Å². The number of hydrogen-bond acceptors (Lipinski definition) is 2. The summed E-state index contributed by atoms with van der Waals surface area (Å²) in [7, 11) is 3.35. The number of quaternary nitrogens is 1. The lowest BCUT2D eigenvalue weighted by Crippen LogP contribution is -2.32. The van der Waals surface area contributed by atoms with Crippen LogP contribution in [-0.2, 0) is 6.61 Å². The van der Waals surface area contributed by atoms with Gasteiger partial charge in [0, 0.05) is 12.0 Å². The Morgan fingerprint density at radius 3 is 2.50 bits per heavy atom. The van der Waals surface area contributed by atoms with E-state index in [0.717, 1.165) is 23.3 Å². The maximum absolute atomic E-state index is 11.8. The number of para-hydroxylation sites is 1. The van der Waals surface area contributed by atoms with Gasteiger partial charge in [-0.05, 0) is 22.8 Å². The summed E-state index contributed by atoms with van der Waals surface area (Å²) in [6.45, 7) is 1.14. The number of fused-ring (bicyclic) bond motifs is 2. The zero-order chi connectivity index (χ0) is 15.6. The molecule has 0 atom stereocenters. The van der Waals surface area contributed by atoms with Crippen LogP contribution in [-0.4, -0.2) is 25.3 Å². The van der Waals surface area contributed by atoms with Gasteiger partial charge in [-0.15, -0.1) is 0 Å². The Morgan fingerprint density at radius 2 is 1.73 bits per heavy atom. The van der Waals surface area contributed by atoms with E-state index in [0.29, 0.717) is 13.2 Å². The fourth-order valence-electron chi connectivity index (χ4n) is 2.76. The third-order valence-corrected chi connectivity index (χ3v) is 3.88. The Labute approximate surface area is 131 Å². The van der Waals surface area contributed by atoms with Crippen LogP contribution in [0.4, 0.5) is 0 Å². The number of benzene rings is 2. The van der Waals surface area contributed by atoms with Crippen molar-refractivity contribution in [3.05, 3.63) is 76.5 Å². The van der Waals surface area contributed by atoms with E-state index in [1.807, 2.05) is 30.3 Å². The smallest absolute Gasteiger partial charge is 0.127 e. The van der Waals surface area contributed by atoms with Crippen LogP contribution in [0.25, 0.3) is 5.57 Å². The molecule has 2 aromatic rings. The van der Waals surface area contributed by atoms with Crippen molar-refractivity contribution in [1.29, 1.82) is 0 Å². The summed E-state index contributed by atoms with van der Waals surface area (Å²) in [5.41, 5.74) is 4.64. The third kappa shape index (κ3) is 3.21. The van der Waals surface area contributed by atoms with Crippen molar-refractivity contribution in [3.8, 4) is 5.75 Å². The first-order valence-corrected chi connectivity index (χ1v) is 7.59. The van der Waals surface area contributed by atoms with Crippen LogP contribution < -0.4 is 4.74 Å². The lowest BCUT2D eigenvalue weighted by Gasteiger charge is -2.33. The first-order valence-electron chi connectivity index (χ1n) is 7.59. The minimum absolute atomic E-state index is 0.274. The molecule has 0 aromatic heterocycles. The second kappa shape index (κ2) is 5.95. The van der Waals surface area contributed by atoms with Crippen molar-refractivity contribution >= 4 is 5.57 Å². The zero-order valence-electron chi connectivity index (χ0n) is 13.1. The van der Waals surface area contributed by atoms with Crippen molar-refractivity contribution in [3.63, 3.8) is 0 Å². The van der Waals surface area contributed by atoms with E-state index in [1.54, 1.807) is 14.1 Å². The Hall–Kier alpha value is -2.10. The summed E-state index contributed by atoms with van der Waals surface area (Å²) >= 11 is 0. The molecule has 3 heteroatoms. The fraction of sp³-hybridized carbons (Fsp3) is 0.263. The fourth-order valence-corrected chi connectivity index (χ4v) is 2.76. The minimum atomic E-state index is -0.274. The molecule has 3 nitrogen and oxygen atoms in total. The van der Waals surface area contributed by atoms with Crippen LogP contribution in [0.3, 0.4) is 0 Å². The molecule has 0 spiro atoms. The monoisotopic (exact) mass is 295 g/mol. The van der Waals surface area contributed by atoms with Gasteiger partial charge >= 0.3 is 0 Å². The molecule has 0 fully saturated rings. The Morgan fingerprint density at radius 1 is 1.05 bits per heavy atom. The summed E-state index contributed by atoms with van der Waals surface area (Å²) in [5.74, 6) is 0.904. The molecule has 0 amide bonds. The van der Waals surface area contributed by atoms with E-state index < -0.39 is 0 Å². The van der Waals surface area contributed by atoms with Gasteiger partial charge in [0.05, 0.1) is 20.6 Å². The van der Waals surface area contributed by atoms with Crippen molar-refractivity contribution in [2.24, 2.45) is 0 Å². The predicted molar refractivity (Wildman–Crippen MR) is 89.3 cm³/mol. The summed E-state index contributed by atoms with van der Waals surface area (Å²) in [5, 5.41) is 11.8. The summed E-state index contributed by atoms with van der Waals surface area (Å²) in [4.78, 5) is 0. The average Bonchev–Trinajstić information content (AvgIpc) is 2.64. The van der Waals surface area contributed by atoms with Crippen LogP contribution in [0.5, 0.6) is 5.75 Å². The molecule has 22 heavy (non-hydrogen) atoms. The molecule has 114 valence electrons. The van der Waals surface area contributed by atoms with Gasteiger partial charge in [-0.2, -0.15) is 0 Å². The quantitative estimate of drug-likeness (QED) is 0.634. The lowest BCUT2D eigenvalue weighted by atomic mass is 9.93. The molecular weight excluding hydrogens is 274 g/mol.